The molecule has 2 aromatic rings. The summed E-state index contributed by atoms with van der Waals surface area (Å²) < 4.78 is 1.88. The van der Waals surface area contributed by atoms with E-state index in [4.69, 9.17) is 5.73 Å². The predicted molar refractivity (Wildman–Crippen MR) is 112 cm³/mol. The number of aromatic nitrogens is 3. The Morgan fingerprint density at radius 2 is 1.91 bits per heavy atom. The Hall–Kier alpha value is -3.60. The lowest BCUT2D eigenvalue weighted by Gasteiger charge is -2.28. The van der Waals surface area contributed by atoms with Crippen LogP contribution in [0.3, 0.4) is 0 Å². The number of nitrogens with zero attached hydrogens (tertiary/aromatic N) is 5. The van der Waals surface area contributed by atoms with Crippen LogP contribution in [0, 0.1) is 0 Å². The summed E-state index contributed by atoms with van der Waals surface area (Å²) in [5.74, 6) is -0.536. The van der Waals surface area contributed by atoms with Crippen molar-refractivity contribution in [1.82, 2.24) is 25.0 Å². The largest absolute Gasteiger partial charge is 0.337 e. The van der Waals surface area contributed by atoms with Crippen molar-refractivity contribution < 1.29 is 19.2 Å². The number of piperidine rings is 1. The number of fused-ring (bicyclic) bond motifs is 2. The van der Waals surface area contributed by atoms with Gasteiger partial charge in [0, 0.05) is 32.5 Å². The number of carbonyl (C=O) groups is 4. The van der Waals surface area contributed by atoms with Gasteiger partial charge < -0.3 is 10.6 Å². The van der Waals surface area contributed by atoms with E-state index < -0.39 is 29.7 Å². The second-order valence-electron chi connectivity index (χ2n) is 8.19. The summed E-state index contributed by atoms with van der Waals surface area (Å²) >= 11 is 0. The molecule has 11 nitrogen and oxygen atoms in total. The summed E-state index contributed by atoms with van der Waals surface area (Å²) in [6, 6.07) is 4.18. The highest BCUT2D eigenvalue weighted by molar-refractivity contribution is 6.23. The lowest BCUT2D eigenvalue weighted by molar-refractivity contribution is -0.136. The molecule has 1 atom stereocenters. The van der Waals surface area contributed by atoms with Gasteiger partial charge in [0.1, 0.15) is 6.04 Å². The van der Waals surface area contributed by atoms with E-state index in [1.54, 1.807) is 12.1 Å². The highest BCUT2D eigenvalue weighted by Crippen LogP contribution is 2.29. The van der Waals surface area contributed by atoms with E-state index in [1.807, 2.05) is 10.7 Å². The number of nitrogens with one attached hydrogen (secondary N) is 1. The van der Waals surface area contributed by atoms with Crippen molar-refractivity contribution in [3.05, 3.63) is 40.7 Å². The Labute approximate surface area is 183 Å². The van der Waals surface area contributed by atoms with Gasteiger partial charge in [-0.3, -0.25) is 29.4 Å². The molecule has 166 valence electrons. The average Bonchev–Trinajstić information content (AvgIpc) is 3.28. The first-order chi connectivity index (χ1) is 15.5. The van der Waals surface area contributed by atoms with Crippen molar-refractivity contribution in [3.63, 3.8) is 0 Å². The molecule has 11 heteroatoms. The minimum Gasteiger partial charge on any atom is -0.337 e. The molecule has 1 aromatic heterocycles. The number of anilines is 1. The molecule has 32 heavy (non-hydrogen) atoms. The van der Waals surface area contributed by atoms with Gasteiger partial charge in [-0.25, -0.2) is 4.68 Å². The summed E-state index contributed by atoms with van der Waals surface area (Å²) in [5, 5.41) is 6.71. The van der Waals surface area contributed by atoms with E-state index in [0.29, 0.717) is 25.3 Å². The molecule has 0 saturated carbocycles. The van der Waals surface area contributed by atoms with Crippen LogP contribution in [0.5, 0.6) is 0 Å². The minimum atomic E-state index is -0.967. The van der Waals surface area contributed by atoms with Crippen molar-refractivity contribution in [2.75, 3.05) is 18.0 Å². The maximum absolute atomic E-state index is 13.0. The molecule has 3 aliphatic heterocycles. The van der Waals surface area contributed by atoms with E-state index in [-0.39, 0.29) is 24.0 Å². The van der Waals surface area contributed by atoms with Gasteiger partial charge in [-0.15, -0.1) is 0 Å². The maximum Gasteiger partial charge on any atom is 0.262 e. The number of aryl methyl sites for hydroxylation is 1. The number of rotatable bonds is 5. The van der Waals surface area contributed by atoms with E-state index in [9.17, 15) is 19.2 Å². The molecule has 1 fully saturated rings. The van der Waals surface area contributed by atoms with Gasteiger partial charge in [-0.05, 0) is 37.1 Å². The van der Waals surface area contributed by atoms with E-state index in [1.165, 1.54) is 0 Å². The highest BCUT2D eigenvalue weighted by Gasteiger charge is 2.44. The molecule has 0 bridgehead atoms. The van der Waals surface area contributed by atoms with Crippen LogP contribution in [0.1, 0.15) is 51.4 Å². The van der Waals surface area contributed by atoms with Crippen molar-refractivity contribution >= 4 is 29.6 Å². The van der Waals surface area contributed by atoms with Gasteiger partial charge >= 0.3 is 0 Å². The third-order valence-corrected chi connectivity index (χ3v) is 6.02. The van der Waals surface area contributed by atoms with Crippen LogP contribution >= 0.6 is 0 Å². The Bertz CT molecular complexity index is 1140. The Kier molecular flexibility index (Phi) is 4.97. The van der Waals surface area contributed by atoms with Crippen LogP contribution in [-0.2, 0) is 29.1 Å². The van der Waals surface area contributed by atoms with Crippen LogP contribution < -0.4 is 16.0 Å². The number of imide groups is 2. The molecule has 0 spiro atoms. The van der Waals surface area contributed by atoms with Gasteiger partial charge in [0.2, 0.25) is 17.8 Å². The Balaban J connectivity index is 1.38. The van der Waals surface area contributed by atoms with Gasteiger partial charge in [0.25, 0.3) is 11.8 Å². The molecule has 4 amide bonds. The molecule has 4 heterocycles. The topological polar surface area (TPSA) is 144 Å². The SMILES string of the molecule is NCCc1nc2n(n1)CCCN2Cc1ccc2c(c1)C(=O)N(C1CCC(=O)NC1=O)C2=O. The third kappa shape index (κ3) is 3.34. The number of carbonyl (C=O) groups excluding carboxylic acids is 4. The normalized spacial score (nSPS) is 20.5. The monoisotopic (exact) mass is 437 g/mol. The number of benzene rings is 1. The smallest absolute Gasteiger partial charge is 0.262 e. The van der Waals surface area contributed by atoms with Crippen LogP contribution in [0.2, 0.25) is 0 Å². The molecular formula is C21H23N7O4. The quantitative estimate of drug-likeness (QED) is 0.601. The highest BCUT2D eigenvalue weighted by atomic mass is 16.2. The second kappa shape index (κ2) is 7.83. The first-order valence-corrected chi connectivity index (χ1v) is 10.7. The number of hydrogen-bond donors (Lipinski definition) is 2. The Morgan fingerprint density at radius 1 is 1.09 bits per heavy atom. The molecule has 1 unspecified atom stereocenters. The number of amides is 4. The second-order valence-corrected chi connectivity index (χ2v) is 8.19. The molecule has 1 saturated heterocycles. The Morgan fingerprint density at radius 3 is 2.69 bits per heavy atom. The van der Waals surface area contributed by atoms with Crippen molar-refractivity contribution in [2.24, 2.45) is 5.73 Å². The van der Waals surface area contributed by atoms with E-state index in [2.05, 4.69) is 20.3 Å². The third-order valence-electron chi connectivity index (χ3n) is 6.02. The fraction of sp³-hybridized carbons (Fsp3) is 0.429. The van der Waals surface area contributed by atoms with Crippen molar-refractivity contribution in [1.29, 1.82) is 0 Å². The van der Waals surface area contributed by atoms with E-state index in [0.717, 1.165) is 35.9 Å². The fourth-order valence-electron chi connectivity index (χ4n) is 4.50. The molecular weight excluding hydrogens is 414 g/mol. The van der Waals surface area contributed by atoms with E-state index >= 15 is 0 Å². The van der Waals surface area contributed by atoms with Gasteiger partial charge in [-0.1, -0.05) is 6.07 Å². The van der Waals surface area contributed by atoms with Gasteiger partial charge in [0.15, 0.2) is 5.82 Å². The van der Waals surface area contributed by atoms with Crippen LogP contribution in [0.15, 0.2) is 18.2 Å². The zero-order valence-electron chi connectivity index (χ0n) is 17.4. The number of hydrogen-bond acceptors (Lipinski definition) is 8. The standard InChI is InChI=1S/C21H23N7O4/c22-7-6-16-23-21-26(8-1-9-27(21)25-16)11-12-2-3-13-14(10-12)20(32)28(19(13)31)15-4-5-17(29)24-18(15)30/h2-3,10,15H,1,4-9,11,22H2,(H,24,29,30). The predicted octanol–water partition coefficient (Wildman–Crippen LogP) is -0.409. The molecule has 5 rings (SSSR count). The van der Waals surface area contributed by atoms with Crippen LogP contribution in [0.4, 0.5) is 5.95 Å². The molecule has 3 aliphatic rings. The molecule has 3 N–H and O–H groups in total. The number of nitrogens with two attached hydrogens (primary N) is 1. The van der Waals surface area contributed by atoms with Gasteiger partial charge in [0.05, 0.1) is 11.1 Å². The fourth-order valence-corrected chi connectivity index (χ4v) is 4.50. The zero-order chi connectivity index (χ0) is 22.4. The van der Waals surface area contributed by atoms with Crippen molar-refractivity contribution in [3.8, 4) is 0 Å². The van der Waals surface area contributed by atoms with Crippen LogP contribution in [0.25, 0.3) is 0 Å². The lowest BCUT2D eigenvalue weighted by Crippen LogP contribution is -2.54. The average molecular weight is 437 g/mol. The van der Waals surface area contributed by atoms with Crippen LogP contribution in [-0.4, -0.2) is 62.4 Å². The zero-order valence-corrected chi connectivity index (χ0v) is 17.4. The summed E-state index contributed by atoms with van der Waals surface area (Å²) in [5.41, 5.74) is 7.03. The van der Waals surface area contributed by atoms with Gasteiger partial charge in [-0.2, -0.15) is 10.1 Å². The minimum absolute atomic E-state index is 0.0941. The van der Waals surface area contributed by atoms with Crippen molar-refractivity contribution in [2.45, 2.75) is 44.8 Å². The lowest BCUT2D eigenvalue weighted by atomic mass is 10.0. The maximum atomic E-state index is 13.0. The molecule has 0 aliphatic carbocycles. The molecule has 1 aromatic carbocycles. The first kappa shape index (κ1) is 20.3. The summed E-state index contributed by atoms with van der Waals surface area (Å²) in [7, 11) is 0. The first-order valence-electron chi connectivity index (χ1n) is 10.7. The summed E-state index contributed by atoms with van der Waals surface area (Å²) in [4.78, 5) is 57.2. The summed E-state index contributed by atoms with van der Waals surface area (Å²) in [6.45, 7) is 2.58. The molecule has 0 radical (unpaired) electrons. The summed E-state index contributed by atoms with van der Waals surface area (Å²) in [6.07, 6.45) is 1.76.